The van der Waals surface area contributed by atoms with Gasteiger partial charge in [-0.25, -0.2) is 0 Å². The summed E-state index contributed by atoms with van der Waals surface area (Å²) in [5.74, 6) is 1.17. The van der Waals surface area contributed by atoms with Gasteiger partial charge in [-0.1, -0.05) is 23.5 Å². The largest absolute Gasteiger partial charge is 0.497 e. The molecule has 1 aliphatic rings. The van der Waals surface area contributed by atoms with Crippen molar-refractivity contribution in [3.05, 3.63) is 53.5 Å². The fourth-order valence-electron chi connectivity index (χ4n) is 2.75. The van der Waals surface area contributed by atoms with Crippen molar-refractivity contribution in [3.8, 4) is 17.2 Å². The first-order valence-corrected chi connectivity index (χ1v) is 9.88. The third kappa shape index (κ3) is 4.66. The number of hydrogen-bond acceptors (Lipinski definition) is 8. The Hall–Kier alpha value is -3.66. The van der Waals surface area contributed by atoms with E-state index >= 15 is 0 Å². The van der Waals surface area contributed by atoms with E-state index in [1.807, 2.05) is 0 Å². The number of nitrogens with one attached hydrogen (secondary N) is 2. The number of benzene rings is 2. The zero-order chi connectivity index (χ0) is 20.9. The summed E-state index contributed by atoms with van der Waals surface area (Å²) in [5, 5.41) is 14.2. The minimum atomic E-state index is -0.911. The smallest absolute Gasteiger partial charge is 0.266 e. The molecule has 0 saturated heterocycles. The quantitative estimate of drug-likeness (QED) is 0.597. The van der Waals surface area contributed by atoms with Gasteiger partial charge in [-0.15, -0.1) is 10.2 Å². The Morgan fingerprint density at radius 1 is 1.17 bits per heavy atom. The van der Waals surface area contributed by atoms with Crippen LogP contribution in [-0.4, -0.2) is 35.2 Å². The van der Waals surface area contributed by atoms with Gasteiger partial charge in [0.2, 0.25) is 11.0 Å². The van der Waals surface area contributed by atoms with Gasteiger partial charge in [0, 0.05) is 0 Å². The van der Waals surface area contributed by atoms with Crippen LogP contribution in [0.3, 0.4) is 0 Å². The van der Waals surface area contributed by atoms with E-state index in [-0.39, 0.29) is 18.9 Å². The van der Waals surface area contributed by atoms with Crippen molar-refractivity contribution in [1.29, 1.82) is 0 Å². The summed E-state index contributed by atoms with van der Waals surface area (Å²) in [6, 6.07) is 14.2. The van der Waals surface area contributed by atoms with E-state index in [9.17, 15) is 9.59 Å². The van der Waals surface area contributed by atoms with Gasteiger partial charge in [-0.05, 0) is 36.4 Å². The average molecular weight is 426 g/mol. The Labute approximate surface area is 176 Å². The van der Waals surface area contributed by atoms with Crippen LogP contribution in [0.5, 0.6) is 17.2 Å². The lowest BCUT2D eigenvalue weighted by Gasteiger charge is -2.25. The summed E-state index contributed by atoms with van der Waals surface area (Å²) in [4.78, 5) is 24.5. The van der Waals surface area contributed by atoms with E-state index in [1.54, 1.807) is 55.6 Å². The van der Waals surface area contributed by atoms with Gasteiger partial charge in [-0.2, -0.15) is 0 Å². The number of ether oxygens (including phenoxy) is 3. The average Bonchev–Trinajstić information content (AvgIpc) is 3.20. The highest BCUT2D eigenvalue weighted by Crippen LogP contribution is 2.29. The fraction of sp³-hybridized carbons (Fsp3) is 0.200. The molecule has 3 aromatic rings. The third-order valence-corrected chi connectivity index (χ3v) is 5.02. The minimum absolute atomic E-state index is 0.141. The Bertz CT molecular complexity index is 1050. The summed E-state index contributed by atoms with van der Waals surface area (Å²) < 4.78 is 16.4. The van der Waals surface area contributed by atoms with Crippen LogP contribution < -0.4 is 24.8 Å². The molecule has 0 fully saturated rings. The van der Waals surface area contributed by atoms with Crippen LogP contribution in [-0.2, 0) is 16.2 Å². The highest BCUT2D eigenvalue weighted by molar-refractivity contribution is 7.15. The number of carbonyl (C=O) groups is 2. The summed E-state index contributed by atoms with van der Waals surface area (Å²) in [5.41, 5.74) is 0.588. The number of nitrogens with zero attached hydrogens (tertiary/aromatic N) is 2. The normalized spacial score (nSPS) is 14.8. The molecule has 0 aliphatic carbocycles. The molecule has 0 spiro atoms. The fourth-order valence-corrected chi connectivity index (χ4v) is 3.41. The Morgan fingerprint density at radius 3 is 2.73 bits per heavy atom. The molecule has 30 heavy (non-hydrogen) atoms. The molecule has 9 nitrogen and oxygen atoms in total. The van der Waals surface area contributed by atoms with Crippen molar-refractivity contribution in [2.75, 3.05) is 17.7 Å². The maximum Gasteiger partial charge on any atom is 0.266 e. The summed E-state index contributed by atoms with van der Waals surface area (Å²) >= 11 is 1.19. The van der Waals surface area contributed by atoms with E-state index in [0.29, 0.717) is 27.3 Å². The van der Waals surface area contributed by atoms with E-state index in [0.717, 1.165) is 5.75 Å². The summed E-state index contributed by atoms with van der Waals surface area (Å²) in [6.45, 7) is 0.213. The number of fused-ring (bicyclic) bond motifs is 1. The van der Waals surface area contributed by atoms with E-state index < -0.39 is 12.0 Å². The Morgan fingerprint density at radius 2 is 1.93 bits per heavy atom. The second kappa shape index (κ2) is 8.78. The van der Waals surface area contributed by atoms with E-state index in [4.69, 9.17) is 14.2 Å². The van der Waals surface area contributed by atoms with Crippen LogP contribution in [0.25, 0.3) is 0 Å². The zero-order valence-electron chi connectivity index (χ0n) is 16.0. The molecule has 0 unspecified atom stereocenters. The Kier molecular flexibility index (Phi) is 5.75. The molecular formula is C20H18N4O5S. The summed E-state index contributed by atoms with van der Waals surface area (Å²) in [7, 11) is 1.60. The highest BCUT2D eigenvalue weighted by atomic mass is 32.1. The van der Waals surface area contributed by atoms with Crippen molar-refractivity contribution in [2.24, 2.45) is 0 Å². The molecule has 0 radical (unpaired) electrons. The lowest BCUT2D eigenvalue weighted by Crippen LogP contribution is -2.39. The minimum Gasteiger partial charge on any atom is -0.497 e. The number of hydrogen-bond donors (Lipinski definition) is 2. The maximum absolute atomic E-state index is 12.3. The molecule has 10 heteroatoms. The number of anilines is 2. The highest BCUT2D eigenvalue weighted by Gasteiger charge is 2.29. The molecule has 2 amide bonds. The molecule has 4 rings (SSSR count). The van der Waals surface area contributed by atoms with Crippen LogP contribution in [0, 0.1) is 0 Å². The van der Waals surface area contributed by atoms with Gasteiger partial charge < -0.3 is 24.8 Å². The van der Waals surface area contributed by atoms with Crippen molar-refractivity contribution < 1.29 is 23.8 Å². The predicted octanol–water partition coefficient (Wildman–Crippen LogP) is 2.85. The van der Waals surface area contributed by atoms with Gasteiger partial charge >= 0.3 is 0 Å². The molecular weight excluding hydrogens is 408 g/mol. The number of carbonyl (C=O) groups excluding carboxylic acids is 2. The monoisotopic (exact) mass is 426 g/mol. The van der Waals surface area contributed by atoms with Gasteiger partial charge in [0.05, 0.1) is 19.2 Å². The molecule has 1 aliphatic heterocycles. The number of para-hydroxylation sites is 2. The van der Waals surface area contributed by atoms with Crippen LogP contribution in [0.2, 0.25) is 0 Å². The molecule has 1 atom stereocenters. The molecule has 1 aromatic heterocycles. The first-order valence-electron chi connectivity index (χ1n) is 9.06. The van der Waals surface area contributed by atoms with Crippen LogP contribution >= 0.6 is 11.3 Å². The van der Waals surface area contributed by atoms with Crippen LogP contribution in [0.15, 0.2) is 48.5 Å². The molecule has 2 N–H and O–H groups in total. The lowest BCUT2D eigenvalue weighted by atomic mass is 10.1. The van der Waals surface area contributed by atoms with Crippen molar-refractivity contribution in [1.82, 2.24) is 10.2 Å². The number of amides is 2. The second-order valence-corrected chi connectivity index (χ2v) is 7.37. The molecule has 154 valence electrons. The first kappa shape index (κ1) is 19.6. The number of rotatable bonds is 7. The van der Waals surface area contributed by atoms with Crippen molar-refractivity contribution >= 4 is 34.0 Å². The Balaban J connectivity index is 1.29. The second-order valence-electron chi connectivity index (χ2n) is 6.31. The molecule has 2 aromatic carbocycles. The van der Waals surface area contributed by atoms with Gasteiger partial charge in [-0.3, -0.25) is 9.59 Å². The van der Waals surface area contributed by atoms with Crippen molar-refractivity contribution in [3.63, 3.8) is 0 Å². The number of methoxy groups -OCH3 is 1. The van der Waals surface area contributed by atoms with E-state index in [2.05, 4.69) is 20.8 Å². The van der Waals surface area contributed by atoms with Gasteiger partial charge in [0.15, 0.2) is 11.1 Å². The molecule has 0 bridgehead atoms. The SMILES string of the molecule is COc1ccc(OCc2nnc(NC(=O)C[C@H]3Oc4ccccc4NC3=O)s2)cc1. The van der Waals surface area contributed by atoms with Crippen LogP contribution in [0.4, 0.5) is 10.8 Å². The third-order valence-electron chi connectivity index (χ3n) is 4.21. The zero-order valence-corrected chi connectivity index (χ0v) is 16.8. The lowest BCUT2D eigenvalue weighted by molar-refractivity contribution is -0.128. The maximum atomic E-state index is 12.3. The topological polar surface area (TPSA) is 112 Å². The molecule has 0 saturated carbocycles. The van der Waals surface area contributed by atoms with Gasteiger partial charge in [0.1, 0.15) is 23.9 Å². The predicted molar refractivity (Wildman–Crippen MR) is 110 cm³/mol. The number of aromatic nitrogens is 2. The van der Waals surface area contributed by atoms with Crippen LogP contribution in [0.1, 0.15) is 11.4 Å². The summed E-state index contributed by atoms with van der Waals surface area (Å²) in [6.07, 6.45) is -1.05. The van der Waals surface area contributed by atoms with Crippen molar-refractivity contribution in [2.45, 2.75) is 19.1 Å². The van der Waals surface area contributed by atoms with E-state index in [1.165, 1.54) is 11.3 Å². The standard InChI is InChI=1S/C20H18N4O5S/c1-27-12-6-8-13(9-7-12)28-11-18-23-24-20(30-18)22-17(25)10-16-19(26)21-14-4-2-3-5-15(14)29-16/h2-9,16H,10-11H2,1H3,(H,21,26)(H,22,24,25)/t16-/m1/s1. The molecule has 2 heterocycles. The first-order chi connectivity index (χ1) is 14.6. The van der Waals surface area contributed by atoms with Gasteiger partial charge in [0.25, 0.3) is 5.91 Å².